The van der Waals surface area contributed by atoms with Gasteiger partial charge in [0.25, 0.3) is 5.91 Å². The normalized spacial score (nSPS) is 15.5. The molecule has 3 aromatic rings. The van der Waals surface area contributed by atoms with Gasteiger partial charge in [-0.15, -0.1) is 11.3 Å². The molecule has 1 aliphatic carbocycles. The highest BCUT2D eigenvalue weighted by molar-refractivity contribution is 7.13. The summed E-state index contributed by atoms with van der Waals surface area (Å²) in [6.07, 6.45) is 3.26. The van der Waals surface area contributed by atoms with Crippen LogP contribution in [0.15, 0.2) is 48.0 Å². The van der Waals surface area contributed by atoms with Crippen molar-refractivity contribution < 1.29 is 9.59 Å². The lowest BCUT2D eigenvalue weighted by Crippen LogP contribution is -2.30. The molecule has 3 N–H and O–H groups in total. The second-order valence-corrected chi connectivity index (χ2v) is 10.1. The predicted octanol–water partition coefficient (Wildman–Crippen LogP) is 4.76. The van der Waals surface area contributed by atoms with Crippen LogP contribution in [0.1, 0.15) is 70.9 Å². The summed E-state index contributed by atoms with van der Waals surface area (Å²) in [5.41, 5.74) is 8.46. The molecule has 0 unspecified atom stereocenters. The summed E-state index contributed by atoms with van der Waals surface area (Å²) < 4.78 is 0. The van der Waals surface area contributed by atoms with E-state index in [1.807, 2.05) is 31.6 Å². The van der Waals surface area contributed by atoms with Gasteiger partial charge in [-0.3, -0.25) is 9.59 Å². The SMILES string of the molecule is CN[C@@H]1CCc2ccc(C(=O)NCCCNC(=O)C[C@H](C)c3ccc(-c4scnc4C)cc3)cc21. The first-order valence-corrected chi connectivity index (χ1v) is 13.2. The molecule has 0 aliphatic heterocycles. The van der Waals surface area contributed by atoms with Crippen molar-refractivity contribution in [1.29, 1.82) is 0 Å². The first-order valence-electron chi connectivity index (χ1n) is 12.3. The molecule has 184 valence electrons. The summed E-state index contributed by atoms with van der Waals surface area (Å²) in [6.45, 7) is 5.16. The minimum absolute atomic E-state index is 0.0305. The number of fused-ring (bicyclic) bond motifs is 1. The van der Waals surface area contributed by atoms with Crippen molar-refractivity contribution >= 4 is 23.2 Å². The summed E-state index contributed by atoms with van der Waals surface area (Å²) in [7, 11) is 1.96. The first kappa shape index (κ1) is 25.1. The van der Waals surface area contributed by atoms with Gasteiger partial charge in [-0.1, -0.05) is 37.3 Å². The number of hydrogen-bond donors (Lipinski definition) is 3. The zero-order chi connectivity index (χ0) is 24.8. The molecule has 2 aromatic carbocycles. The van der Waals surface area contributed by atoms with Gasteiger partial charge in [0, 0.05) is 31.1 Å². The molecule has 1 heterocycles. The van der Waals surface area contributed by atoms with E-state index in [0.29, 0.717) is 37.5 Å². The first-order chi connectivity index (χ1) is 17.0. The van der Waals surface area contributed by atoms with Crippen molar-refractivity contribution in [3.8, 4) is 10.4 Å². The number of aromatic nitrogens is 1. The number of thiazole rings is 1. The molecule has 0 saturated carbocycles. The van der Waals surface area contributed by atoms with Crippen LogP contribution >= 0.6 is 11.3 Å². The average Bonchev–Trinajstić information content (AvgIpc) is 3.49. The molecule has 1 aliphatic rings. The van der Waals surface area contributed by atoms with Gasteiger partial charge in [0.2, 0.25) is 5.91 Å². The van der Waals surface area contributed by atoms with E-state index in [-0.39, 0.29) is 17.7 Å². The fourth-order valence-electron chi connectivity index (χ4n) is 4.67. The lowest BCUT2D eigenvalue weighted by molar-refractivity contribution is -0.121. The number of amides is 2. The minimum atomic E-state index is -0.0635. The van der Waals surface area contributed by atoms with Crippen molar-refractivity contribution in [1.82, 2.24) is 20.9 Å². The number of benzene rings is 2. The highest BCUT2D eigenvalue weighted by Gasteiger charge is 2.22. The largest absolute Gasteiger partial charge is 0.356 e. The number of nitrogens with zero attached hydrogens (tertiary/aromatic N) is 1. The van der Waals surface area contributed by atoms with Crippen molar-refractivity contribution in [3.63, 3.8) is 0 Å². The Bertz CT molecular complexity index is 1170. The second-order valence-electron chi connectivity index (χ2n) is 9.25. The summed E-state index contributed by atoms with van der Waals surface area (Å²) >= 11 is 1.64. The van der Waals surface area contributed by atoms with Crippen LogP contribution in [0.25, 0.3) is 10.4 Å². The smallest absolute Gasteiger partial charge is 0.251 e. The van der Waals surface area contributed by atoms with E-state index < -0.39 is 0 Å². The molecule has 7 heteroatoms. The molecule has 2 amide bonds. The number of nitrogens with one attached hydrogen (secondary N) is 3. The van der Waals surface area contributed by atoms with Gasteiger partial charge in [-0.05, 0) is 73.5 Å². The molecule has 35 heavy (non-hydrogen) atoms. The third kappa shape index (κ3) is 6.16. The Morgan fingerprint density at radius 1 is 1.11 bits per heavy atom. The van der Waals surface area contributed by atoms with Crippen LogP contribution in [-0.2, 0) is 11.2 Å². The topological polar surface area (TPSA) is 83.1 Å². The van der Waals surface area contributed by atoms with E-state index in [1.54, 1.807) is 11.3 Å². The van der Waals surface area contributed by atoms with Crippen molar-refractivity contribution in [3.05, 3.63) is 75.9 Å². The van der Waals surface area contributed by atoms with Gasteiger partial charge in [-0.2, -0.15) is 0 Å². The number of rotatable bonds is 10. The Morgan fingerprint density at radius 3 is 2.60 bits per heavy atom. The predicted molar refractivity (Wildman–Crippen MR) is 142 cm³/mol. The fourth-order valence-corrected chi connectivity index (χ4v) is 5.49. The van der Waals surface area contributed by atoms with Gasteiger partial charge < -0.3 is 16.0 Å². The Labute approximate surface area is 211 Å². The molecular formula is C28H34N4O2S. The molecular weight excluding hydrogens is 456 g/mol. The average molecular weight is 491 g/mol. The van der Waals surface area contributed by atoms with Gasteiger partial charge in [0.05, 0.1) is 16.1 Å². The Morgan fingerprint density at radius 2 is 1.89 bits per heavy atom. The quantitative estimate of drug-likeness (QED) is 0.358. The van der Waals surface area contributed by atoms with Gasteiger partial charge in [-0.25, -0.2) is 4.98 Å². The fraction of sp³-hybridized carbons (Fsp3) is 0.393. The molecule has 0 saturated heterocycles. The van der Waals surface area contributed by atoms with Crippen LogP contribution in [0.5, 0.6) is 0 Å². The highest BCUT2D eigenvalue weighted by atomic mass is 32.1. The minimum Gasteiger partial charge on any atom is -0.356 e. The number of hydrogen-bond acceptors (Lipinski definition) is 5. The summed E-state index contributed by atoms with van der Waals surface area (Å²) in [5.74, 6) is 0.0990. The second kappa shape index (κ2) is 11.6. The maximum Gasteiger partial charge on any atom is 0.251 e. The van der Waals surface area contributed by atoms with Gasteiger partial charge in [0.1, 0.15) is 0 Å². The number of aryl methyl sites for hydroxylation is 2. The van der Waals surface area contributed by atoms with E-state index in [0.717, 1.165) is 29.7 Å². The zero-order valence-electron chi connectivity index (χ0n) is 20.7. The maximum absolute atomic E-state index is 12.5. The van der Waals surface area contributed by atoms with Gasteiger partial charge in [0.15, 0.2) is 0 Å². The van der Waals surface area contributed by atoms with E-state index in [1.165, 1.54) is 16.0 Å². The Balaban J connectivity index is 1.17. The molecule has 2 atom stereocenters. The molecule has 6 nitrogen and oxygen atoms in total. The molecule has 0 radical (unpaired) electrons. The highest BCUT2D eigenvalue weighted by Crippen LogP contribution is 2.31. The lowest BCUT2D eigenvalue weighted by atomic mass is 9.96. The van der Waals surface area contributed by atoms with Crippen molar-refractivity contribution in [2.45, 2.75) is 51.5 Å². The van der Waals surface area contributed by atoms with Crippen LogP contribution in [0.2, 0.25) is 0 Å². The maximum atomic E-state index is 12.5. The third-order valence-electron chi connectivity index (χ3n) is 6.77. The van der Waals surface area contributed by atoms with Gasteiger partial charge >= 0.3 is 0 Å². The third-order valence-corrected chi connectivity index (χ3v) is 7.75. The van der Waals surface area contributed by atoms with Crippen LogP contribution in [0.3, 0.4) is 0 Å². The van der Waals surface area contributed by atoms with Crippen LogP contribution < -0.4 is 16.0 Å². The molecule has 1 aromatic heterocycles. The summed E-state index contributed by atoms with van der Waals surface area (Å²) in [6, 6.07) is 14.7. The van der Waals surface area contributed by atoms with Crippen molar-refractivity contribution in [2.75, 3.05) is 20.1 Å². The Hall–Kier alpha value is -3.03. The monoisotopic (exact) mass is 490 g/mol. The van der Waals surface area contributed by atoms with E-state index >= 15 is 0 Å². The molecule has 4 rings (SSSR count). The lowest BCUT2D eigenvalue weighted by Gasteiger charge is -2.13. The van der Waals surface area contributed by atoms with E-state index in [2.05, 4.69) is 58.2 Å². The summed E-state index contributed by atoms with van der Waals surface area (Å²) in [5, 5.41) is 9.27. The Kier molecular flexibility index (Phi) is 8.31. The molecule has 0 spiro atoms. The molecule has 0 bridgehead atoms. The number of carbonyl (C=O) groups is 2. The van der Waals surface area contributed by atoms with E-state index in [9.17, 15) is 9.59 Å². The van der Waals surface area contributed by atoms with Crippen molar-refractivity contribution in [2.24, 2.45) is 0 Å². The number of carbonyl (C=O) groups excluding carboxylic acids is 2. The van der Waals surface area contributed by atoms with Crippen LogP contribution in [-0.4, -0.2) is 36.9 Å². The van der Waals surface area contributed by atoms with Crippen LogP contribution in [0.4, 0.5) is 0 Å². The standard InChI is InChI=1S/C28H34N4O2S/c1-18(20-5-8-22(9-6-20)27-19(2)32-17-35-27)15-26(33)30-13-4-14-31-28(34)23-10-7-21-11-12-25(29-3)24(21)16-23/h5-10,16-18,25,29H,4,11-15H2,1-3H3,(H,30,33)(H,31,34)/t18-,25+/m0/s1. The van der Waals surface area contributed by atoms with Crippen LogP contribution in [0, 0.1) is 6.92 Å². The summed E-state index contributed by atoms with van der Waals surface area (Å²) in [4.78, 5) is 30.4. The molecule has 0 fully saturated rings. The zero-order valence-corrected chi connectivity index (χ0v) is 21.5. The van der Waals surface area contributed by atoms with E-state index in [4.69, 9.17) is 0 Å².